The minimum Gasteiger partial charge on any atom is -0.312 e. The average molecular weight is 253 g/mol. The van der Waals surface area contributed by atoms with Gasteiger partial charge in [0.25, 0.3) is 0 Å². The third-order valence-corrected chi connectivity index (χ3v) is 4.47. The molecular weight excluding hydrogens is 230 g/mol. The van der Waals surface area contributed by atoms with Crippen LogP contribution in [0.1, 0.15) is 31.6 Å². The number of thiazole rings is 1. The summed E-state index contributed by atoms with van der Waals surface area (Å²) in [7, 11) is 0. The van der Waals surface area contributed by atoms with Crippen molar-refractivity contribution in [2.24, 2.45) is 5.92 Å². The molecule has 0 radical (unpaired) electrons. The largest absolute Gasteiger partial charge is 0.312 e. The first-order chi connectivity index (χ1) is 8.29. The van der Waals surface area contributed by atoms with E-state index in [1.807, 2.05) is 11.7 Å². The average Bonchev–Trinajstić information content (AvgIpc) is 2.73. The summed E-state index contributed by atoms with van der Waals surface area (Å²) in [6, 6.07) is 0.649. The van der Waals surface area contributed by atoms with Crippen molar-refractivity contribution < 1.29 is 0 Å². The summed E-state index contributed by atoms with van der Waals surface area (Å²) in [6.45, 7) is 9.25. The molecule has 1 aromatic heterocycles. The topological polar surface area (TPSA) is 28.2 Å². The van der Waals surface area contributed by atoms with Crippen LogP contribution in [0.2, 0.25) is 0 Å². The Bertz CT molecular complexity index is 312. The predicted molar refractivity (Wildman–Crippen MR) is 73.3 cm³/mol. The van der Waals surface area contributed by atoms with Gasteiger partial charge in [0.1, 0.15) is 0 Å². The first-order valence-electron chi connectivity index (χ1n) is 6.62. The molecule has 17 heavy (non-hydrogen) atoms. The van der Waals surface area contributed by atoms with Gasteiger partial charge in [0.2, 0.25) is 0 Å². The zero-order valence-electron chi connectivity index (χ0n) is 10.9. The van der Waals surface area contributed by atoms with Gasteiger partial charge in [0.15, 0.2) is 0 Å². The Balaban J connectivity index is 1.92. The van der Waals surface area contributed by atoms with Gasteiger partial charge in [0, 0.05) is 30.2 Å². The second kappa shape index (κ2) is 6.47. The maximum absolute atomic E-state index is 4.16. The lowest BCUT2D eigenvalue weighted by molar-refractivity contribution is 0.233. The van der Waals surface area contributed by atoms with Crippen LogP contribution in [0.4, 0.5) is 0 Å². The summed E-state index contributed by atoms with van der Waals surface area (Å²) in [4.78, 5) is 8.12. The highest BCUT2D eigenvalue weighted by molar-refractivity contribution is 7.09. The van der Waals surface area contributed by atoms with Crippen LogP contribution in [-0.4, -0.2) is 35.6 Å². The number of hydrogen-bond donors (Lipinski definition) is 1. The minimum atomic E-state index is 0.649. The van der Waals surface area contributed by atoms with Gasteiger partial charge in [-0.25, -0.2) is 0 Å². The van der Waals surface area contributed by atoms with Gasteiger partial charge >= 0.3 is 0 Å². The molecule has 0 aromatic carbocycles. The number of nitrogens with one attached hydrogen (secondary N) is 1. The third kappa shape index (κ3) is 3.76. The highest BCUT2D eigenvalue weighted by atomic mass is 32.1. The molecule has 1 aromatic rings. The summed E-state index contributed by atoms with van der Waals surface area (Å²) in [5.41, 5.74) is 1.93. The van der Waals surface area contributed by atoms with E-state index in [0.29, 0.717) is 6.04 Å². The molecule has 1 N–H and O–H groups in total. The summed E-state index contributed by atoms with van der Waals surface area (Å²) in [6.07, 6.45) is 4.51. The summed E-state index contributed by atoms with van der Waals surface area (Å²) < 4.78 is 0. The first kappa shape index (κ1) is 13.0. The van der Waals surface area contributed by atoms with E-state index in [-0.39, 0.29) is 0 Å². The van der Waals surface area contributed by atoms with E-state index < -0.39 is 0 Å². The van der Waals surface area contributed by atoms with Crippen molar-refractivity contribution in [3.8, 4) is 0 Å². The lowest BCUT2D eigenvalue weighted by Crippen LogP contribution is -2.41. The summed E-state index contributed by atoms with van der Waals surface area (Å²) >= 11 is 1.77. The predicted octanol–water partition coefficient (Wildman–Crippen LogP) is 2.35. The smallest absolute Gasteiger partial charge is 0.0794 e. The number of aromatic nitrogens is 1. The second-order valence-electron chi connectivity index (χ2n) is 5.00. The van der Waals surface area contributed by atoms with E-state index in [9.17, 15) is 0 Å². The van der Waals surface area contributed by atoms with Gasteiger partial charge in [-0.1, -0.05) is 20.3 Å². The fraction of sp³-hybridized carbons (Fsp3) is 0.769. The Morgan fingerprint density at radius 1 is 1.65 bits per heavy atom. The van der Waals surface area contributed by atoms with Gasteiger partial charge in [-0.15, -0.1) is 11.3 Å². The molecule has 0 spiro atoms. The van der Waals surface area contributed by atoms with Crippen LogP contribution < -0.4 is 5.32 Å². The standard InChI is InChI=1S/C13H23N3S/c1-3-11(2)13-9-16(6-4-5-15-13)8-12-7-14-10-17-12/h7,10-11,13,15H,3-6,8-9H2,1-2H3. The van der Waals surface area contributed by atoms with Crippen molar-refractivity contribution in [1.29, 1.82) is 0 Å². The van der Waals surface area contributed by atoms with Crippen LogP contribution in [0, 0.1) is 5.92 Å². The van der Waals surface area contributed by atoms with Crippen LogP contribution in [0.5, 0.6) is 0 Å². The van der Waals surface area contributed by atoms with E-state index in [2.05, 4.69) is 29.0 Å². The molecule has 2 atom stereocenters. The Labute approximate surface area is 108 Å². The number of rotatable bonds is 4. The molecule has 4 heteroatoms. The molecule has 2 heterocycles. The molecule has 1 aliphatic heterocycles. The molecule has 2 unspecified atom stereocenters. The molecule has 3 nitrogen and oxygen atoms in total. The molecule has 2 rings (SSSR count). The van der Waals surface area contributed by atoms with E-state index >= 15 is 0 Å². The van der Waals surface area contributed by atoms with Crippen LogP contribution in [-0.2, 0) is 6.54 Å². The maximum Gasteiger partial charge on any atom is 0.0794 e. The maximum atomic E-state index is 4.16. The normalized spacial score (nSPS) is 24.5. The van der Waals surface area contributed by atoms with Gasteiger partial charge in [-0.3, -0.25) is 9.88 Å². The molecular formula is C13H23N3S. The Morgan fingerprint density at radius 2 is 2.53 bits per heavy atom. The highest BCUT2D eigenvalue weighted by Gasteiger charge is 2.21. The molecule has 0 aliphatic carbocycles. The van der Waals surface area contributed by atoms with Crippen molar-refractivity contribution in [1.82, 2.24) is 15.2 Å². The van der Waals surface area contributed by atoms with Crippen molar-refractivity contribution >= 4 is 11.3 Å². The number of hydrogen-bond acceptors (Lipinski definition) is 4. The SMILES string of the molecule is CCC(C)C1CN(Cc2cncs2)CCCN1. The lowest BCUT2D eigenvalue weighted by atomic mass is 9.99. The van der Waals surface area contributed by atoms with Crippen molar-refractivity contribution in [3.05, 3.63) is 16.6 Å². The van der Waals surface area contributed by atoms with Crippen molar-refractivity contribution in [3.63, 3.8) is 0 Å². The van der Waals surface area contributed by atoms with Crippen LogP contribution in [0.15, 0.2) is 11.7 Å². The van der Waals surface area contributed by atoms with Gasteiger partial charge < -0.3 is 5.32 Å². The van der Waals surface area contributed by atoms with Crippen LogP contribution >= 0.6 is 11.3 Å². The second-order valence-corrected chi connectivity index (χ2v) is 5.97. The quantitative estimate of drug-likeness (QED) is 0.893. The Kier molecular flexibility index (Phi) is 4.95. The minimum absolute atomic E-state index is 0.649. The number of nitrogens with zero attached hydrogens (tertiary/aromatic N) is 2. The third-order valence-electron chi connectivity index (χ3n) is 3.71. The van der Waals surface area contributed by atoms with Crippen LogP contribution in [0.3, 0.4) is 0 Å². The van der Waals surface area contributed by atoms with E-state index in [1.54, 1.807) is 11.3 Å². The highest BCUT2D eigenvalue weighted by Crippen LogP contribution is 2.16. The van der Waals surface area contributed by atoms with Crippen molar-refractivity contribution in [2.75, 3.05) is 19.6 Å². The van der Waals surface area contributed by atoms with Gasteiger partial charge in [-0.05, 0) is 25.4 Å². The summed E-state index contributed by atoms with van der Waals surface area (Å²) in [5, 5.41) is 3.69. The van der Waals surface area contributed by atoms with Crippen molar-refractivity contribution in [2.45, 2.75) is 39.3 Å². The molecule has 0 amide bonds. The monoisotopic (exact) mass is 253 g/mol. The zero-order valence-corrected chi connectivity index (χ0v) is 11.7. The fourth-order valence-corrected chi connectivity index (χ4v) is 3.01. The van der Waals surface area contributed by atoms with Gasteiger partial charge in [0.05, 0.1) is 5.51 Å². The van der Waals surface area contributed by atoms with Crippen LogP contribution in [0.25, 0.3) is 0 Å². The summed E-state index contributed by atoms with van der Waals surface area (Å²) in [5.74, 6) is 0.761. The molecule has 1 aliphatic rings. The fourth-order valence-electron chi connectivity index (χ4n) is 2.37. The molecule has 1 saturated heterocycles. The zero-order chi connectivity index (χ0) is 12.1. The Hall–Kier alpha value is -0.450. The van der Waals surface area contributed by atoms with E-state index in [1.165, 1.54) is 30.8 Å². The lowest BCUT2D eigenvalue weighted by Gasteiger charge is -2.27. The molecule has 0 bridgehead atoms. The van der Waals surface area contributed by atoms with E-state index in [4.69, 9.17) is 0 Å². The molecule has 1 fully saturated rings. The molecule has 96 valence electrons. The Morgan fingerprint density at radius 3 is 3.24 bits per heavy atom. The first-order valence-corrected chi connectivity index (χ1v) is 7.50. The molecule has 0 saturated carbocycles. The van der Waals surface area contributed by atoms with E-state index in [0.717, 1.165) is 19.0 Å². The van der Waals surface area contributed by atoms with Gasteiger partial charge in [-0.2, -0.15) is 0 Å².